The van der Waals surface area contributed by atoms with Crippen molar-refractivity contribution in [3.05, 3.63) is 17.0 Å². The monoisotopic (exact) mass is 409 g/mol. The largest absolute Gasteiger partial charge is 0.350 e. The number of amides is 1. The summed E-state index contributed by atoms with van der Waals surface area (Å²) in [6.45, 7) is 0.889. The van der Waals surface area contributed by atoms with Crippen LogP contribution in [-0.2, 0) is 12.8 Å². The predicted octanol–water partition coefficient (Wildman–Crippen LogP) is 5.60. The lowest BCUT2D eigenvalue weighted by Crippen LogP contribution is -2.51. The van der Waals surface area contributed by atoms with Crippen LogP contribution in [0.1, 0.15) is 118 Å². The van der Waals surface area contributed by atoms with Gasteiger partial charge in [0.05, 0.1) is 6.04 Å². The van der Waals surface area contributed by atoms with Crippen molar-refractivity contribution in [1.82, 2.24) is 15.1 Å². The van der Waals surface area contributed by atoms with Crippen molar-refractivity contribution in [3.8, 4) is 0 Å². The van der Waals surface area contributed by atoms with Crippen LogP contribution in [0.5, 0.6) is 0 Å². The molecule has 0 spiro atoms. The van der Waals surface area contributed by atoms with E-state index in [1.54, 1.807) is 0 Å². The molecular weight excluding hydrogens is 370 g/mol. The van der Waals surface area contributed by atoms with Gasteiger partial charge in [0.15, 0.2) is 5.69 Å². The average molecular weight is 410 g/mol. The van der Waals surface area contributed by atoms with Gasteiger partial charge in [-0.05, 0) is 100 Å². The molecule has 4 nitrogen and oxygen atoms in total. The lowest BCUT2D eigenvalue weighted by molar-refractivity contribution is -0.0503. The Morgan fingerprint density at radius 1 is 0.900 bits per heavy atom. The van der Waals surface area contributed by atoms with Gasteiger partial charge in [-0.15, -0.1) is 0 Å². The standard InChI is InChI=1S/C26H39N3O/c30-25(27-17-26-14-18-11-19(15-26)13-20(12-18)16-26)24-22-9-3-1-2-4-10-23(22)29(28-24)21-7-5-6-8-21/h18-21H,1-17H2,(H,27,30). The van der Waals surface area contributed by atoms with Gasteiger partial charge in [-0.2, -0.15) is 5.10 Å². The molecule has 4 heteroatoms. The van der Waals surface area contributed by atoms with Crippen molar-refractivity contribution >= 4 is 5.91 Å². The smallest absolute Gasteiger partial charge is 0.272 e. The molecule has 4 bridgehead atoms. The summed E-state index contributed by atoms with van der Waals surface area (Å²) in [7, 11) is 0. The highest BCUT2D eigenvalue weighted by atomic mass is 16.2. The number of aromatic nitrogens is 2. The molecule has 1 aromatic rings. The lowest BCUT2D eigenvalue weighted by Gasteiger charge is -2.56. The molecule has 30 heavy (non-hydrogen) atoms. The second kappa shape index (κ2) is 7.67. The molecule has 6 aliphatic rings. The number of nitrogens with zero attached hydrogens (tertiary/aromatic N) is 2. The van der Waals surface area contributed by atoms with Crippen LogP contribution in [0.2, 0.25) is 0 Å². The van der Waals surface area contributed by atoms with Crippen molar-refractivity contribution in [1.29, 1.82) is 0 Å². The molecule has 0 unspecified atom stereocenters. The van der Waals surface area contributed by atoms with Gasteiger partial charge in [-0.25, -0.2) is 0 Å². The van der Waals surface area contributed by atoms with Crippen molar-refractivity contribution in [2.75, 3.05) is 6.54 Å². The number of fused-ring (bicyclic) bond motifs is 1. The van der Waals surface area contributed by atoms with Crippen LogP contribution in [-0.4, -0.2) is 22.2 Å². The Balaban J connectivity index is 1.23. The maximum atomic E-state index is 13.4. The highest BCUT2D eigenvalue weighted by Gasteiger charge is 2.50. The maximum absolute atomic E-state index is 13.4. The highest BCUT2D eigenvalue weighted by molar-refractivity contribution is 5.94. The SMILES string of the molecule is O=C(NCC12CC3CC(CC(C3)C1)C2)c1nn(C2CCCC2)c2c1CCCCCC2. The summed E-state index contributed by atoms with van der Waals surface area (Å²) in [5.41, 5.74) is 3.88. The van der Waals surface area contributed by atoms with Gasteiger partial charge in [0.25, 0.3) is 5.91 Å². The molecule has 6 aliphatic carbocycles. The molecule has 5 saturated carbocycles. The minimum Gasteiger partial charge on any atom is -0.350 e. The van der Waals surface area contributed by atoms with Crippen molar-refractivity contribution in [2.45, 2.75) is 109 Å². The molecule has 0 saturated heterocycles. The summed E-state index contributed by atoms with van der Waals surface area (Å²) < 4.78 is 2.31. The molecule has 5 fully saturated rings. The van der Waals surface area contributed by atoms with E-state index in [1.807, 2.05) is 0 Å². The maximum Gasteiger partial charge on any atom is 0.272 e. The molecule has 0 atom stereocenters. The molecule has 1 N–H and O–H groups in total. The Morgan fingerprint density at radius 3 is 2.20 bits per heavy atom. The Bertz CT molecular complexity index is 768. The zero-order valence-corrected chi connectivity index (χ0v) is 18.6. The van der Waals surface area contributed by atoms with E-state index in [0.717, 1.165) is 42.8 Å². The van der Waals surface area contributed by atoms with Gasteiger partial charge in [-0.3, -0.25) is 9.48 Å². The molecule has 1 aromatic heterocycles. The molecule has 1 amide bonds. The second-order valence-electron chi connectivity index (χ2n) is 11.7. The van der Waals surface area contributed by atoms with Gasteiger partial charge in [0, 0.05) is 17.8 Å². The van der Waals surface area contributed by atoms with Crippen LogP contribution in [0.4, 0.5) is 0 Å². The third-order valence-electron chi connectivity index (χ3n) is 9.38. The first kappa shape index (κ1) is 19.4. The first-order chi connectivity index (χ1) is 14.7. The molecule has 7 rings (SSSR count). The zero-order valence-electron chi connectivity index (χ0n) is 18.6. The predicted molar refractivity (Wildman–Crippen MR) is 119 cm³/mol. The van der Waals surface area contributed by atoms with E-state index in [2.05, 4.69) is 10.00 Å². The van der Waals surface area contributed by atoms with E-state index in [1.165, 1.54) is 101 Å². The van der Waals surface area contributed by atoms with Crippen LogP contribution in [0.25, 0.3) is 0 Å². The Hall–Kier alpha value is -1.32. The van der Waals surface area contributed by atoms with Gasteiger partial charge >= 0.3 is 0 Å². The van der Waals surface area contributed by atoms with E-state index in [0.29, 0.717) is 11.5 Å². The summed E-state index contributed by atoms with van der Waals surface area (Å²) in [6.07, 6.45) is 20.8. The first-order valence-electron chi connectivity index (χ1n) is 13.1. The van der Waals surface area contributed by atoms with Crippen LogP contribution in [0, 0.1) is 23.2 Å². The summed E-state index contributed by atoms with van der Waals surface area (Å²) in [5, 5.41) is 8.46. The highest BCUT2D eigenvalue weighted by Crippen LogP contribution is 2.59. The van der Waals surface area contributed by atoms with E-state index >= 15 is 0 Å². The average Bonchev–Trinajstić information content (AvgIpc) is 3.33. The van der Waals surface area contributed by atoms with E-state index in [9.17, 15) is 4.79 Å². The topological polar surface area (TPSA) is 46.9 Å². The molecule has 0 aliphatic heterocycles. The molecule has 0 radical (unpaired) electrons. The van der Waals surface area contributed by atoms with Crippen molar-refractivity contribution in [2.24, 2.45) is 23.2 Å². The van der Waals surface area contributed by atoms with Gasteiger partial charge in [-0.1, -0.05) is 25.7 Å². The van der Waals surface area contributed by atoms with Crippen LogP contribution >= 0.6 is 0 Å². The quantitative estimate of drug-likeness (QED) is 0.703. The minimum absolute atomic E-state index is 0.124. The number of carbonyl (C=O) groups is 1. The number of carbonyl (C=O) groups excluding carboxylic acids is 1. The number of rotatable bonds is 4. The summed E-state index contributed by atoms with van der Waals surface area (Å²) in [5.74, 6) is 2.94. The minimum atomic E-state index is 0.124. The van der Waals surface area contributed by atoms with Crippen molar-refractivity contribution in [3.63, 3.8) is 0 Å². The zero-order chi connectivity index (χ0) is 20.1. The van der Waals surface area contributed by atoms with Crippen molar-refractivity contribution < 1.29 is 4.79 Å². The molecule has 0 aromatic carbocycles. The molecule has 1 heterocycles. The van der Waals surface area contributed by atoms with Crippen LogP contribution in [0.15, 0.2) is 0 Å². The summed E-state index contributed by atoms with van der Waals surface area (Å²) in [4.78, 5) is 13.4. The van der Waals surface area contributed by atoms with E-state index in [-0.39, 0.29) is 5.91 Å². The Kier molecular flexibility index (Phi) is 4.95. The summed E-state index contributed by atoms with van der Waals surface area (Å²) >= 11 is 0. The number of nitrogens with one attached hydrogen (secondary N) is 1. The van der Waals surface area contributed by atoms with Gasteiger partial charge in [0.2, 0.25) is 0 Å². The summed E-state index contributed by atoms with van der Waals surface area (Å²) in [6, 6.07) is 0.530. The van der Waals surface area contributed by atoms with Gasteiger partial charge < -0.3 is 5.32 Å². The Morgan fingerprint density at radius 2 is 1.53 bits per heavy atom. The second-order valence-corrected chi connectivity index (χ2v) is 11.7. The fourth-order valence-corrected chi connectivity index (χ4v) is 8.47. The fourth-order valence-electron chi connectivity index (χ4n) is 8.47. The third kappa shape index (κ3) is 3.42. The van der Waals surface area contributed by atoms with Crippen LogP contribution < -0.4 is 5.32 Å². The first-order valence-corrected chi connectivity index (χ1v) is 13.1. The molecular formula is C26H39N3O. The lowest BCUT2D eigenvalue weighted by atomic mass is 9.49. The number of hydrogen-bond acceptors (Lipinski definition) is 2. The fraction of sp³-hybridized carbons (Fsp3) is 0.846. The number of hydrogen-bond donors (Lipinski definition) is 1. The van der Waals surface area contributed by atoms with E-state index in [4.69, 9.17) is 5.10 Å². The third-order valence-corrected chi connectivity index (χ3v) is 9.38. The van der Waals surface area contributed by atoms with E-state index < -0.39 is 0 Å². The Labute approximate surface area is 181 Å². The molecule has 164 valence electrons. The van der Waals surface area contributed by atoms with Gasteiger partial charge in [0.1, 0.15) is 0 Å². The van der Waals surface area contributed by atoms with Crippen LogP contribution in [0.3, 0.4) is 0 Å². The normalized spacial score (nSPS) is 35.8.